The van der Waals surface area contributed by atoms with Gasteiger partial charge in [-0.2, -0.15) is 0 Å². The van der Waals surface area contributed by atoms with E-state index in [1.807, 2.05) is 0 Å². The molecule has 0 aliphatic heterocycles. The lowest BCUT2D eigenvalue weighted by Gasteiger charge is -1.99. The zero-order valence-electron chi connectivity index (χ0n) is 9.72. The Bertz CT molecular complexity index is 619. The minimum Gasteiger partial charge on any atom is -0.476 e. The Balaban J connectivity index is 2.10. The predicted molar refractivity (Wildman–Crippen MR) is 64.3 cm³/mol. The fourth-order valence-corrected chi connectivity index (χ4v) is 1.66. The Morgan fingerprint density at radius 2 is 2.47 bits per heavy atom. The highest BCUT2D eigenvalue weighted by Crippen LogP contribution is 2.12. The Morgan fingerprint density at radius 1 is 1.68 bits per heavy atom. The van der Waals surface area contributed by atoms with E-state index in [9.17, 15) is 4.79 Å². The van der Waals surface area contributed by atoms with Crippen molar-refractivity contribution in [3.63, 3.8) is 0 Å². The SMILES string of the molecule is Cn1nnnc1CON=C(C(=O)O)c1csc(N)n1. The number of aromatic nitrogens is 5. The number of oxime groups is 1. The molecule has 0 amide bonds. The quantitative estimate of drug-likeness (QED) is 0.539. The van der Waals surface area contributed by atoms with Crippen LogP contribution in [0, 0.1) is 0 Å². The summed E-state index contributed by atoms with van der Waals surface area (Å²) in [6.07, 6.45) is 0. The Hall–Kier alpha value is -2.56. The van der Waals surface area contributed by atoms with E-state index in [4.69, 9.17) is 15.7 Å². The van der Waals surface area contributed by atoms with E-state index < -0.39 is 5.97 Å². The number of carboxylic acids is 1. The third-order valence-corrected chi connectivity index (χ3v) is 2.70. The molecule has 0 bridgehead atoms. The van der Waals surface area contributed by atoms with Crippen LogP contribution in [-0.2, 0) is 23.3 Å². The number of carboxylic acid groups (broad SMARTS) is 1. The number of hydrogen-bond acceptors (Lipinski definition) is 9. The molecule has 100 valence electrons. The lowest BCUT2D eigenvalue weighted by molar-refractivity contribution is -0.129. The van der Waals surface area contributed by atoms with Gasteiger partial charge in [0.25, 0.3) is 0 Å². The first kappa shape index (κ1) is 12.9. The minimum absolute atomic E-state index is 0.0557. The van der Waals surface area contributed by atoms with Gasteiger partial charge in [0.2, 0.25) is 5.71 Å². The number of rotatable bonds is 5. The molecule has 2 aromatic heterocycles. The van der Waals surface area contributed by atoms with Crippen molar-refractivity contribution in [2.45, 2.75) is 6.61 Å². The van der Waals surface area contributed by atoms with Gasteiger partial charge < -0.3 is 15.7 Å². The summed E-state index contributed by atoms with van der Waals surface area (Å²) < 4.78 is 1.39. The number of aryl methyl sites for hydroxylation is 1. The van der Waals surface area contributed by atoms with Crippen molar-refractivity contribution < 1.29 is 14.7 Å². The summed E-state index contributed by atoms with van der Waals surface area (Å²) in [6, 6.07) is 0. The average Bonchev–Trinajstić information content (AvgIpc) is 2.94. The van der Waals surface area contributed by atoms with Crippen molar-refractivity contribution in [1.82, 2.24) is 25.2 Å². The third-order valence-electron chi connectivity index (χ3n) is 2.02. The topological polar surface area (TPSA) is 141 Å². The number of anilines is 1. The summed E-state index contributed by atoms with van der Waals surface area (Å²) >= 11 is 1.11. The first-order chi connectivity index (χ1) is 9.08. The Labute approximate surface area is 110 Å². The van der Waals surface area contributed by atoms with Crippen molar-refractivity contribution in [1.29, 1.82) is 0 Å². The van der Waals surface area contributed by atoms with Gasteiger partial charge >= 0.3 is 5.97 Å². The summed E-state index contributed by atoms with van der Waals surface area (Å²) in [5.41, 5.74) is 5.25. The molecule has 0 unspecified atom stereocenters. The molecule has 2 heterocycles. The van der Waals surface area contributed by atoms with Gasteiger partial charge in [0.15, 0.2) is 17.6 Å². The number of carbonyl (C=O) groups is 1. The smallest absolute Gasteiger partial charge is 0.360 e. The number of nitrogens with zero attached hydrogens (tertiary/aromatic N) is 6. The maximum absolute atomic E-state index is 11.0. The van der Waals surface area contributed by atoms with Gasteiger partial charge in [-0.1, -0.05) is 5.16 Å². The van der Waals surface area contributed by atoms with Gasteiger partial charge in [-0.3, -0.25) is 0 Å². The number of tetrazole rings is 1. The second kappa shape index (κ2) is 5.39. The van der Waals surface area contributed by atoms with Gasteiger partial charge in [-0.25, -0.2) is 14.5 Å². The summed E-state index contributed by atoms with van der Waals surface area (Å²) in [5, 5.41) is 24.9. The van der Waals surface area contributed by atoms with E-state index in [2.05, 4.69) is 25.7 Å². The van der Waals surface area contributed by atoms with Crippen molar-refractivity contribution in [2.75, 3.05) is 5.73 Å². The van der Waals surface area contributed by atoms with Crippen LogP contribution in [0.25, 0.3) is 0 Å². The normalized spacial score (nSPS) is 11.5. The van der Waals surface area contributed by atoms with Crippen molar-refractivity contribution in [3.8, 4) is 0 Å². The van der Waals surface area contributed by atoms with E-state index in [0.29, 0.717) is 5.82 Å². The molecule has 0 atom stereocenters. The van der Waals surface area contributed by atoms with Crippen LogP contribution in [0.5, 0.6) is 0 Å². The molecule has 0 aliphatic rings. The molecule has 0 spiro atoms. The number of hydrogen-bond donors (Lipinski definition) is 2. The zero-order valence-corrected chi connectivity index (χ0v) is 10.5. The van der Waals surface area contributed by atoms with E-state index in [0.717, 1.165) is 11.3 Å². The van der Waals surface area contributed by atoms with Gasteiger partial charge in [0.05, 0.1) is 0 Å². The zero-order chi connectivity index (χ0) is 13.8. The van der Waals surface area contributed by atoms with Crippen LogP contribution in [0.1, 0.15) is 11.5 Å². The first-order valence-corrected chi connectivity index (χ1v) is 5.81. The standard InChI is InChI=1S/C8H9N7O3S/c1-15-5(11-13-14-15)2-18-12-6(7(16)17)4-3-19-8(9)10-4/h3H,2H2,1H3,(H2,9,10)(H,16,17). The molecule has 11 heteroatoms. The van der Waals surface area contributed by atoms with Crippen molar-refractivity contribution in [3.05, 3.63) is 16.9 Å². The third kappa shape index (κ3) is 3.01. The second-order valence-electron chi connectivity index (χ2n) is 3.31. The highest BCUT2D eigenvalue weighted by molar-refractivity contribution is 7.13. The summed E-state index contributed by atoms with van der Waals surface area (Å²) in [4.78, 5) is 19.8. The van der Waals surface area contributed by atoms with E-state index in [-0.39, 0.29) is 23.1 Å². The van der Waals surface area contributed by atoms with Crippen LogP contribution in [-0.4, -0.2) is 42.0 Å². The summed E-state index contributed by atoms with van der Waals surface area (Å²) in [6.45, 7) is -0.0557. The molecule has 0 aromatic carbocycles. The molecule has 0 fully saturated rings. The van der Waals surface area contributed by atoms with Crippen LogP contribution >= 0.6 is 11.3 Å². The highest BCUT2D eigenvalue weighted by Gasteiger charge is 2.17. The highest BCUT2D eigenvalue weighted by atomic mass is 32.1. The minimum atomic E-state index is -1.26. The van der Waals surface area contributed by atoms with Gasteiger partial charge in [-0.05, 0) is 10.4 Å². The first-order valence-electron chi connectivity index (χ1n) is 4.93. The largest absolute Gasteiger partial charge is 0.476 e. The summed E-state index contributed by atoms with van der Waals surface area (Å²) in [7, 11) is 1.63. The molecule has 0 saturated carbocycles. The maximum atomic E-state index is 11.0. The second-order valence-corrected chi connectivity index (χ2v) is 4.20. The van der Waals surface area contributed by atoms with Crippen LogP contribution < -0.4 is 5.73 Å². The lowest BCUT2D eigenvalue weighted by atomic mass is 10.3. The Kier molecular flexibility index (Phi) is 3.66. The molecule has 0 saturated heterocycles. The van der Waals surface area contributed by atoms with Gasteiger partial charge in [0.1, 0.15) is 5.69 Å². The van der Waals surface area contributed by atoms with Crippen molar-refractivity contribution >= 4 is 28.1 Å². The lowest BCUT2D eigenvalue weighted by Crippen LogP contribution is -2.16. The van der Waals surface area contributed by atoms with E-state index in [1.54, 1.807) is 7.05 Å². The molecule has 10 nitrogen and oxygen atoms in total. The van der Waals surface area contributed by atoms with Crippen LogP contribution in [0.15, 0.2) is 10.5 Å². The number of thiazole rings is 1. The molecule has 2 rings (SSSR count). The molecule has 19 heavy (non-hydrogen) atoms. The molecular weight excluding hydrogens is 274 g/mol. The monoisotopic (exact) mass is 283 g/mol. The van der Waals surface area contributed by atoms with Crippen LogP contribution in [0.3, 0.4) is 0 Å². The molecule has 0 radical (unpaired) electrons. The van der Waals surface area contributed by atoms with E-state index >= 15 is 0 Å². The molecule has 3 N–H and O–H groups in total. The average molecular weight is 283 g/mol. The fourth-order valence-electron chi connectivity index (χ4n) is 1.12. The predicted octanol–water partition coefficient (Wildman–Crippen LogP) is -0.746. The van der Waals surface area contributed by atoms with Crippen molar-refractivity contribution in [2.24, 2.45) is 12.2 Å². The fraction of sp³-hybridized carbons (Fsp3) is 0.250. The number of nitrogen functional groups attached to an aromatic ring is 1. The molecular formula is C8H9N7O3S. The number of nitrogens with two attached hydrogens (primary N) is 1. The molecule has 0 aliphatic carbocycles. The van der Waals surface area contributed by atoms with Gasteiger partial charge in [0, 0.05) is 12.4 Å². The Morgan fingerprint density at radius 3 is 3.00 bits per heavy atom. The van der Waals surface area contributed by atoms with E-state index in [1.165, 1.54) is 10.1 Å². The maximum Gasteiger partial charge on any atom is 0.360 e. The van der Waals surface area contributed by atoms with Gasteiger partial charge in [-0.15, -0.1) is 16.4 Å². The summed E-state index contributed by atoms with van der Waals surface area (Å²) in [5.74, 6) is -0.854. The molecule has 2 aromatic rings. The van der Waals surface area contributed by atoms with Crippen LogP contribution in [0.4, 0.5) is 5.13 Å². The van der Waals surface area contributed by atoms with Crippen LogP contribution in [0.2, 0.25) is 0 Å². The number of aliphatic carboxylic acids is 1.